The normalized spacial score (nSPS) is 9.60. The lowest BCUT2D eigenvalue weighted by Crippen LogP contribution is -2.23. The summed E-state index contributed by atoms with van der Waals surface area (Å²) in [5.74, 6) is 0.681. The van der Waals surface area contributed by atoms with E-state index < -0.39 is 0 Å². The Balaban J connectivity index is 0.00000112. The molecule has 2 rings (SSSR count). The Morgan fingerprint density at radius 3 is 2.73 bits per heavy atom. The van der Waals surface area contributed by atoms with Crippen molar-refractivity contribution in [1.82, 2.24) is 9.78 Å². The molecule has 7 heteroatoms. The summed E-state index contributed by atoms with van der Waals surface area (Å²) < 4.78 is 6.26. The summed E-state index contributed by atoms with van der Waals surface area (Å²) in [5.41, 5.74) is 11.4. The van der Waals surface area contributed by atoms with E-state index in [-0.39, 0.29) is 18.4 Å². The molecule has 2 heterocycles. The predicted molar refractivity (Wildman–Crippen MR) is 58.9 cm³/mol. The van der Waals surface area contributed by atoms with Crippen LogP contribution in [0, 0.1) is 5.41 Å². The summed E-state index contributed by atoms with van der Waals surface area (Å²) in [5, 5.41) is 11.2. The lowest BCUT2D eigenvalue weighted by Gasteiger charge is -1.97. The molecule has 5 N–H and O–H groups in total. The van der Waals surface area contributed by atoms with E-state index in [0.29, 0.717) is 17.3 Å². The van der Waals surface area contributed by atoms with Crippen LogP contribution in [0.4, 0.5) is 5.82 Å². The van der Waals surface area contributed by atoms with Gasteiger partial charge in [-0.3, -0.25) is 5.41 Å². The Hall–Kier alpha value is -1.95. The second-order valence-corrected chi connectivity index (χ2v) is 2.73. The fraction of sp³-hybridized carbons (Fsp3) is 0. The summed E-state index contributed by atoms with van der Waals surface area (Å²) >= 11 is 0. The average Bonchev–Trinajstić information content (AvgIpc) is 2.70. The Morgan fingerprint density at radius 2 is 2.27 bits per heavy atom. The molecule has 0 bridgehead atoms. The van der Waals surface area contributed by atoms with Gasteiger partial charge in [0.2, 0.25) is 5.96 Å². The maximum Gasteiger partial charge on any atom is 0.215 e. The predicted octanol–water partition coefficient (Wildman–Crippen LogP) is 0.889. The largest absolute Gasteiger partial charge is 0.463 e. The van der Waals surface area contributed by atoms with E-state index in [1.165, 1.54) is 6.26 Å². The van der Waals surface area contributed by atoms with Crippen LogP contribution in [0.15, 0.2) is 28.9 Å². The lowest BCUT2D eigenvalue weighted by atomic mass is 10.3. The Labute approximate surface area is 91.8 Å². The highest BCUT2D eigenvalue weighted by molar-refractivity contribution is 5.85. The Morgan fingerprint density at radius 1 is 1.53 bits per heavy atom. The van der Waals surface area contributed by atoms with Crippen molar-refractivity contribution < 1.29 is 4.42 Å². The molecule has 15 heavy (non-hydrogen) atoms. The van der Waals surface area contributed by atoms with Gasteiger partial charge in [0.05, 0.1) is 6.26 Å². The molecule has 0 aliphatic heterocycles. The van der Waals surface area contributed by atoms with E-state index >= 15 is 0 Å². The first kappa shape index (κ1) is 11.1. The number of anilines is 1. The first-order valence-corrected chi connectivity index (χ1v) is 3.92. The average molecular weight is 228 g/mol. The van der Waals surface area contributed by atoms with Gasteiger partial charge in [0.25, 0.3) is 0 Å². The zero-order valence-corrected chi connectivity index (χ0v) is 8.49. The standard InChI is InChI=1S/C8H9N5O.ClH/c9-7-4-5(6-2-1-3-14-6)12-13(7)8(10)11;/h1-4H,9H2,(H3,10,11);1H. The van der Waals surface area contributed by atoms with E-state index in [1.807, 2.05) is 0 Å². The maximum absolute atomic E-state index is 7.18. The minimum Gasteiger partial charge on any atom is -0.463 e. The second-order valence-electron chi connectivity index (χ2n) is 2.73. The van der Waals surface area contributed by atoms with Crippen LogP contribution >= 0.6 is 12.4 Å². The van der Waals surface area contributed by atoms with Crippen LogP contribution in [0.25, 0.3) is 11.5 Å². The summed E-state index contributed by atoms with van der Waals surface area (Å²) in [6.45, 7) is 0. The Bertz CT molecular complexity index is 461. The van der Waals surface area contributed by atoms with Gasteiger partial charge >= 0.3 is 0 Å². The molecular formula is C8H10ClN5O. The molecule has 0 aromatic carbocycles. The molecule has 2 aromatic heterocycles. The van der Waals surface area contributed by atoms with Crippen LogP contribution in [-0.4, -0.2) is 15.7 Å². The summed E-state index contributed by atoms with van der Waals surface area (Å²) in [6, 6.07) is 5.10. The topological polar surface area (TPSA) is 107 Å². The molecule has 0 saturated carbocycles. The third-order valence-electron chi connectivity index (χ3n) is 1.74. The number of hydrogen-bond acceptors (Lipinski definition) is 4. The van der Waals surface area contributed by atoms with E-state index in [9.17, 15) is 0 Å². The molecule has 0 spiro atoms. The quantitative estimate of drug-likeness (QED) is 0.497. The molecule has 0 amide bonds. The molecular weight excluding hydrogens is 218 g/mol. The molecule has 0 atom stereocenters. The molecule has 80 valence electrons. The molecule has 0 aliphatic carbocycles. The minimum atomic E-state index is -0.222. The van der Waals surface area contributed by atoms with E-state index in [0.717, 1.165) is 4.68 Å². The van der Waals surface area contributed by atoms with Gasteiger partial charge in [-0.15, -0.1) is 12.4 Å². The first-order valence-electron chi connectivity index (χ1n) is 3.92. The fourth-order valence-electron chi connectivity index (χ4n) is 1.13. The number of nitrogen functional groups attached to an aromatic ring is 2. The van der Waals surface area contributed by atoms with E-state index in [1.54, 1.807) is 18.2 Å². The molecule has 0 aliphatic rings. The number of rotatable bonds is 1. The van der Waals surface area contributed by atoms with E-state index in [4.69, 9.17) is 21.3 Å². The molecule has 0 saturated heterocycles. The van der Waals surface area contributed by atoms with Crippen LogP contribution < -0.4 is 11.5 Å². The summed E-state index contributed by atoms with van der Waals surface area (Å²) in [4.78, 5) is 0. The highest BCUT2D eigenvalue weighted by Crippen LogP contribution is 2.19. The van der Waals surface area contributed by atoms with E-state index in [2.05, 4.69) is 5.10 Å². The van der Waals surface area contributed by atoms with Crippen molar-refractivity contribution in [3.63, 3.8) is 0 Å². The van der Waals surface area contributed by atoms with Crippen molar-refractivity contribution in [3.8, 4) is 11.5 Å². The van der Waals surface area contributed by atoms with Gasteiger partial charge in [0, 0.05) is 6.07 Å². The van der Waals surface area contributed by atoms with Gasteiger partial charge in [-0.05, 0) is 12.1 Å². The van der Waals surface area contributed by atoms with Crippen LogP contribution in [0.1, 0.15) is 0 Å². The number of nitrogens with zero attached hydrogens (tertiary/aromatic N) is 2. The monoisotopic (exact) mass is 227 g/mol. The van der Waals surface area contributed by atoms with Crippen LogP contribution in [0.5, 0.6) is 0 Å². The number of aromatic nitrogens is 2. The van der Waals surface area contributed by atoms with Crippen molar-refractivity contribution in [2.45, 2.75) is 0 Å². The SMILES string of the molecule is Cl.N=C(N)n1nc(-c2ccco2)cc1N. The van der Waals surface area contributed by atoms with Gasteiger partial charge in [-0.1, -0.05) is 0 Å². The number of halogens is 1. The van der Waals surface area contributed by atoms with Crippen LogP contribution in [0.3, 0.4) is 0 Å². The summed E-state index contributed by atoms with van der Waals surface area (Å²) in [6.07, 6.45) is 1.54. The van der Waals surface area contributed by atoms with Crippen molar-refractivity contribution >= 4 is 24.2 Å². The number of hydrogen-bond donors (Lipinski definition) is 3. The number of nitrogens with two attached hydrogens (primary N) is 2. The fourth-order valence-corrected chi connectivity index (χ4v) is 1.13. The third kappa shape index (κ3) is 1.94. The van der Waals surface area contributed by atoms with Crippen molar-refractivity contribution in [1.29, 1.82) is 5.41 Å². The van der Waals surface area contributed by atoms with Crippen molar-refractivity contribution in [2.24, 2.45) is 5.73 Å². The minimum absolute atomic E-state index is 0. The van der Waals surface area contributed by atoms with Gasteiger partial charge in [-0.2, -0.15) is 9.78 Å². The highest BCUT2D eigenvalue weighted by atomic mass is 35.5. The first-order chi connectivity index (χ1) is 6.68. The van der Waals surface area contributed by atoms with Crippen molar-refractivity contribution in [3.05, 3.63) is 24.5 Å². The highest BCUT2D eigenvalue weighted by Gasteiger charge is 2.10. The second kappa shape index (κ2) is 4.05. The van der Waals surface area contributed by atoms with Gasteiger partial charge in [0.1, 0.15) is 11.5 Å². The zero-order valence-electron chi connectivity index (χ0n) is 7.68. The van der Waals surface area contributed by atoms with Crippen molar-refractivity contribution in [2.75, 3.05) is 5.73 Å². The molecule has 0 radical (unpaired) electrons. The molecule has 2 aromatic rings. The van der Waals surface area contributed by atoms with Crippen LogP contribution in [-0.2, 0) is 0 Å². The summed E-state index contributed by atoms with van der Waals surface area (Å²) in [7, 11) is 0. The molecule has 6 nitrogen and oxygen atoms in total. The third-order valence-corrected chi connectivity index (χ3v) is 1.74. The smallest absolute Gasteiger partial charge is 0.215 e. The number of furan rings is 1. The zero-order chi connectivity index (χ0) is 10.1. The molecule has 0 fully saturated rings. The lowest BCUT2D eigenvalue weighted by molar-refractivity contribution is 0.579. The number of nitrogens with one attached hydrogen (secondary N) is 1. The van der Waals surface area contributed by atoms with Gasteiger partial charge in [0.15, 0.2) is 5.76 Å². The maximum atomic E-state index is 7.18. The molecule has 0 unspecified atom stereocenters. The Kier molecular flexibility index (Phi) is 3.01. The van der Waals surface area contributed by atoms with Crippen LogP contribution in [0.2, 0.25) is 0 Å². The van der Waals surface area contributed by atoms with Gasteiger partial charge in [-0.25, -0.2) is 0 Å². The van der Waals surface area contributed by atoms with Gasteiger partial charge < -0.3 is 15.9 Å².